The van der Waals surface area contributed by atoms with E-state index in [1.54, 1.807) is 7.11 Å². The molecule has 3 nitrogen and oxygen atoms in total. The van der Waals surface area contributed by atoms with Gasteiger partial charge in [-0.25, -0.2) is 0 Å². The molecule has 18 heavy (non-hydrogen) atoms. The van der Waals surface area contributed by atoms with E-state index in [-0.39, 0.29) is 18.1 Å². The summed E-state index contributed by atoms with van der Waals surface area (Å²) in [4.78, 5) is 0. The molecule has 2 unspecified atom stereocenters. The molecule has 0 aliphatic heterocycles. The lowest BCUT2D eigenvalue weighted by Gasteiger charge is -2.22. The highest BCUT2D eigenvalue weighted by Gasteiger charge is 2.13. The van der Waals surface area contributed by atoms with Crippen LogP contribution < -0.4 is 5.32 Å². The second kappa shape index (κ2) is 8.25. The predicted octanol–water partition coefficient (Wildman–Crippen LogP) is 1.85. The Labute approximate surface area is 110 Å². The number of nitrogens with one attached hydrogen (secondary N) is 1. The average Bonchev–Trinajstić information content (AvgIpc) is 2.37. The Balaban J connectivity index is 2.45. The second-order valence-electron chi connectivity index (χ2n) is 5.06. The lowest BCUT2D eigenvalue weighted by molar-refractivity contribution is 0.108. The fourth-order valence-electron chi connectivity index (χ4n) is 1.81. The van der Waals surface area contributed by atoms with Gasteiger partial charge >= 0.3 is 0 Å². The van der Waals surface area contributed by atoms with E-state index in [1.807, 2.05) is 32.0 Å². The number of hydrogen-bond donors (Lipinski definition) is 2. The molecule has 2 atom stereocenters. The van der Waals surface area contributed by atoms with Gasteiger partial charge in [0.2, 0.25) is 0 Å². The lowest BCUT2D eigenvalue weighted by Crippen LogP contribution is -2.41. The number of ether oxygens (including phenoxy) is 1. The zero-order valence-corrected chi connectivity index (χ0v) is 11.6. The Bertz CT molecular complexity index is 314. The first-order chi connectivity index (χ1) is 8.63. The van der Waals surface area contributed by atoms with Crippen LogP contribution in [0.1, 0.15) is 19.4 Å². The van der Waals surface area contributed by atoms with Gasteiger partial charge in [-0.05, 0) is 17.9 Å². The SMILES string of the molecule is COCC(Cc1ccccc1)NCC(O)C(C)C. The highest BCUT2D eigenvalue weighted by molar-refractivity contribution is 5.15. The molecule has 102 valence electrons. The molecule has 1 aromatic rings. The number of aliphatic hydroxyl groups is 1. The smallest absolute Gasteiger partial charge is 0.0687 e. The number of methoxy groups -OCH3 is 1. The molecule has 0 saturated heterocycles. The predicted molar refractivity (Wildman–Crippen MR) is 74.7 cm³/mol. The van der Waals surface area contributed by atoms with Gasteiger partial charge < -0.3 is 15.2 Å². The third-order valence-corrected chi connectivity index (χ3v) is 3.08. The first-order valence-electron chi connectivity index (χ1n) is 6.57. The number of rotatable bonds is 8. The minimum atomic E-state index is -0.305. The maximum atomic E-state index is 9.81. The molecule has 0 saturated carbocycles. The number of hydrogen-bond acceptors (Lipinski definition) is 3. The first-order valence-corrected chi connectivity index (χ1v) is 6.57. The van der Waals surface area contributed by atoms with Crippen LogP contribution in [0.25, 0.3) is 0 Å². The number of aliphatic hydroxyl groups excluding tert-OH is 1. The average molecular weight is 251 g/mol. The molecule has 0 spiro atoms. The van der Waals surface area contributed by atoms with Crippen molar-refractivity contribution in [2.75, 3.05) is 20.3 Å². The van der Waals surface area contributed by atoms with E-state index < -0.39 is 0 Å². The standard InChI is InChI=1S/C15H25NO2/c1-12(2)15(17)10-16-14(11-18-3)9-13-7-5-4-6-8-13/h4-8,12,14-17H,9-11H2,1-3H3. The van der Waals surface area contributed by atoms with E-state index in [2.05, 4.69) is 17.4 Å². The van der Waals surface area contributed by atoms with Crippen LogP contribution in [0.5, 0.6) is 0 Å². The summed E-state index contributed by atoms with van der Waals surface area (Å²) in [5.41, 5.74) is 1.28. The van der Waals surface area contributed by atoms with Crippen molar-refractivity contribution in [3.05, 3.63) is 35.9 Å². The van der Waals surface area contributed by atoms with Crippen molar-refractivity contribution in [3.63, 3.8) is 0 Å². The minimum absolute atomic E-state index is 0.241. The van der Waals surface area contributed by atoms with E-state index in [0.717, 1.165) is 6.42 Å². The summed E-state index contributed by atoms with van der Waals surface area (Å²) in [6.45, 7) is 5.31. The molecular weight excluding hydrogens is 226 g/mol. The van der Waals surface area contributed by atoms with Crippen LogP contribution in [0, 0.1) is 5.92 Å². The summed E-state index contributed by atoms with van der Waals surface area (Å²) in [6, 6.07) is 10.6. The van der Waals surface area contributed by atoms with Crippen molar-refractivity contribution in [2.45, 2.75) is 32.4 Å². The fourth-order valence-corrected chi connectivity index (χ4v) is 1.81. The molecule has 1 rings (SSSR count). The van der Waals surface area contributed by atoms with Crippen molar-refractivity contribution in [1.29, 1.82) is 0 Å². The molecule has 0 aliphatic rings. The largest absolute Gasteiger partial charge is 0.392 e. The highest BCUT2D eigenvalue weighted by atomic mass is 16.5. The normalized spacial score (nSPS) is 14.7. The summed E-state index contributed by atoms with van der Waals surface area (Å²) >= 11 is 0. The van der Waals surface area contributed by atoms with E-state index in [9.17, 15) is 5.11 Å². The summed E-state index contributed by atoms with van der Waals surface area (Å²) < 4.78 is 5.22. The van der Waals surface area contributed by atoms with Crippen LogP contribution in [0.2, 0.25) is 0 Å². The van der Waals surface area contributed by atoms with Crippen molar-refractivity contribution in [3.8, 4) is 0 Å². The second-order valence-corrected chi connectivity index (χ2v) is 5.06. The van der Waals surface area contributed by atoms with Crippen LogP contribution in [0.3, 0.4) is 0 Å². The van der Waals surface area contributed by atoms with Gasteiger partial charge in [-0.15, -0.1) is 0 Å². The van der Waals surface area contributed by atoms with Crippen LogP contribution in [-0.4, -0.2) is 37.5 Å². The molecule has 3 heteroatoms. The fraction of sp³-hybridized carbons (Fsp3) is 0.600. The van der Waals surface area contributed by atoms with Gasteiger partial charge in [0.05, 0.1) is 12.7 Å². The minimum Gasteiger partial charge on any atom is -0.392 e. The zero-order valence-electron chi connectivity index (χ0n) is 11.6. The summed E-state index contributed by atoms with van der Waals surface area (Å²) in [6.07, 6.45) is 0.611. The Kier molecular flexibility index (Phi) is 6.94. The summed E-state index contributed by atoms with van der Waals surface area (Å²) in [7, 11) is 1.71. The van der Waals surface area contributed by atoms with E-state index >= 15 is 0 Å². The highest BCUT2D eigenvalue weighted by Crippen LogP contribution is 2.05. The van der Waals surface area contributed by atoms with E-state index in [1.165, 1.54) is 5.56 Å². The van der Waals surface area contributed by atoms with Gasteiger partial charge in [0, 0.05) is 19.7 Å². The maximum absolute atomic E-state index is 9.81. The van der Waals surface area contributed by atoms with Gasteiger partial charge in [-0.1, -0.05) is 44.2 Å². The molecule has 0 aliphatic carbocycles. The van der Waals surface area contributed by atoms with E-state index in [4.69, 9.17) is 4.74 Å². The van der Waals surface area contributed by atoms with Crippen molar-refractivity contribution < 1.29 is 9.84 Å². The van der Waals surface area contributed by atoms with Crippen LogP contribution in [-0.2, 0) is 11.2 Å². The molecule has 0 radical (unpaired) electrons. The van der Waals surface area contributed by atoms with Crippen molar-refractivity contribution in [2.24, 2.45) is 5.92 Å². The Morgan fingerprint density at radius 1 is 1.22 bits per heavy atom. The van der Waals surface area contributed by atoms with Gasteiger partial charge in [0.25, 0.3) is 0 Å². The molecule has 0 fully saturated rings. The number of benzene rings is 1. The van der Waals surface area contributed by atoms with Gasteiger partial charge in [0.1, 0.15) is 0 Å². The Morgan fingerprint density at radius 3 is 2.44 bits per heavy atom. The van der Waals surface area contributed by atoms with Crippen molar-refractivity contribution >= 4 is 0 Å². The topological polar surface area (TPSA) is 41.5 Å². The molecule has 0 heterocycles. The van der Waals surface area contributed by atoms with Gasteiger partial charge in [-0.3, -0.25) is 0 Å². The first kappa shape index (κ1) is 15.2. The van der Waals surface area contributed by atoms with Crippen LogP contribution in [0.4, 0.5) is 0 Å². The molecule has 1 aromatic carbocycles. The Morgan fingerprint density at radius 2 is 1.89 bits per heavy atom. The quantitative estimate of drug-likeness (QED) is 0.741. The van der Waals surface area contributed by atoms with Crippen LogP contribution in [0.15, 0.2) is 30.3 Å². The summed E-state index contributed by atoms with van der Waals surface area (Å²) in [5, 5.41) is 13.2. The van der Waals surface area contributed by atoms with E-state index in [0.29, 0.717) is 13.2 Å². The maximum Gasteiger partial charge on any atom is 0.0687 e. The monoisotopic (exact) mass is 251 g/mol. The molecule has 0 amide bonds. The molecular formula is C15H25NO2. The molecule has 2 N–H and O–H groups in total. The third kappa shape index (κ3) is 5.63. The van der Waals surface area contributed by atoms with Crippen LogP contribution >= 0.6 is 0 Å². The van der Waals surface area contributed by atoms with Gasteiger partial charge in [0.15, 0.2) is 0 Å². The summed E-state index contributed by atoms with van der Waals surface area (Å²) in [5.74, 6) is 0.275. The third-order valence-electron chi connectivity index (χ3n) is 3.08. The molecule has 0 bridgehead atoms. The van der Waals surface area contributed by atoms with Gasteiger partial charge in [-0.2, -0.15) is 0 Å². The molecule has 0 aromatic heterocycles. The zero-order chi connectivity index (χ0) is 13.4. The lowest BCUT2D eigenvalue weighted by atomic mass is 10.0. The van der Waals surface area contributed by atoms with Crippen molar-refractivity contribution in [1.82, 2.24) is 5.32 Å². The Hall–Kier alpha value is -0.900.